The van der Waals surface area contributed by atoms with Gasteiger partial charge in [-0.15, -0.1) is 0 Å². The van der Waals surface area contributed by atoms with E-state index in [-0.39, 0.29) is 22.7 Å². The predicted octanol–water partition coefficient (Wildman–Crippen LogP) is 3.98. The Labute approximate surface area is 145 Å². The first-order valence-electron chi connectivity index (χ1n) is 7.25. The molecule has 0 fully saturated rings. The van der Waals surface area contributed by atoms with Crippen molar-refractivity contribution in [1.29, 1.82) is 0 Å². The van der Waals surface area contributed by atoms with E-state index in [1.807, 2.05) is 0 Å². The molecular formula is C17H11F3N2O4. The highest BCUT2D eigenvalue weighted by Crippen LogP contribution is 2.30. The van der Waals surface area contributed by atoms with Crippen LogP contribution >= 0.6 is 0 Å². The van der Waals surface area contributed by atoms with Gasteiger partial charge in [-0.2, -0.15) is 18.2 Å². The maximum Gasteiger partial charge on any atom is 0.471 e. The Kier molecular flexibility index (Phi) is 4.61. The summed E-state index contributed by atoms with van der Waals surface area (Å²) in [7, 11) is 1.45. The number of ether oxygens (including phenoxy) is 2. The summed E-state index contributed by atoms with van der Waals surface area (Å²) in [5.41, 5.74) is 0.456. The van der Waals surface area contributed by atoms with E-state index in [0.29, 0.717) is 5.75 Å². The van der Waals surface area contributed by atoms with Crippen LogP contribution < -0.4 is 9.47 Å². The number of hydrogen-bond acceptors (Lipinski definition) is 6. The van der Waals surface area contributed by atoms with Gasteiger partial charge in [0.15, 0.2) is 11.5 Å². The molecule has 0 aliphatic rings. The summed E-state index contributed by atoms with van der Waals surface area (Å²) < 4.78 is 52.0. The third kappa shape index (κ3) is 3.66. The molecule has 0 atom stereocenters. The Morgan fingerprint density at radius 2 is 1.69 bits per heavy atom. The molecule has 26 heavy (non-hydrogen) atoms. The van der Waals surface area contributed by atoms with Crippen molar-refractivity contribution in [3.05, 3.63) is 60.0 Å². The molecule has 134 valence electrons. The third-order valence-corrected chi connectivity index (χ3v) is 3.32. The van der Waals surface area contributed by atoms with Gasteiger partial charge in [-0.1, -0.05) is 29.4 Å². The first-order chi connectivity index (χ1) is 12.4. The van der Waals surface area contributed by atoms with Gasteiger partial charge >= 0.3 is 18.0 Å². The van der Waals surface area contributed by atoms with E-state index < -0.39 is 18.0 Å². The summed E-state index contributed by atoms with van der Waals surface area (Å²) in [6.07, 6.45) is -4.72. The molecule has 0 saturated heterocycles. The summed E-state index contributed by atoms with van der Waals surface area (Å²) in [4.78, 5) is 15.5. The standard InChI is InChI=1S/C17H11F3N2O4/c1-24-12-4-2-3-5-13(12)25-15(23)11-8-6-10(7-9-11)14-21-16(26-22-14)17(18,19)20/h2-9H,1H3. The van der Waals surface area contributed by atoms with Crippen LogP contribution in [-0.2, 0) is 6.18 Å². The van der Waals surface area contributed by atoms with Gasteiger partial charge in [0.2, 0.25) is 5.82 Å². The molecule has 0 unspecified atom stereocenters. The Morgan fingerprint density at radius 3 is 2.27 bits per heavy atom. The summed E-state index contributed by atoms with van der Waals surface area (Å²) >= 11 is 0. The van der Waals surface area contributed by atoms with Crippen molar-refractivity contribution in [2.24, 2.45) is 0 Å². The molecule has 0 spiro atoms. The summed E-state index contributed by atoms with van der Waals surface area (Å²) in [6, 6.07) is 12.2. The second kappa shape index (κ2) is 6.87. The van der Waals surface area contributed by atoms with Crippen molar-refractivity contribution in [1.82, 2.24) is 10.1 Å². The number of alkyl halides is 3. The first kappa shape index (κ1) is 17.5. The van der Waals surface area contributed by atoms with Crippen LogP contribution in [0.25, 0.3) is 11.4 Å². The van der Waals surface area contributed by atoms with Gasteiger partial charge < -0.3 is 14.0 Å². The van der Waals surface area contributed by atoms with E-state index in [2.05, 4.69) is 14.7 Å². The molecule has 2 aromatic carbocycles. The number of carbonyl (C=O) groups is 1. The van der Waals surface area contributed by atoms with Crippen molar-refractivity contribution in [3.8, 4) is 22.9 Å². The minimum absolute atomic E-state index is 0.194. The lowest BCUT2D eigenvalue weighted by atomic mass is 10.1. The van der Waals surface area contributed by atoms with Crippen LogP contribution in [0.1, 0.15) is 16.2 Å². The van der Waals surface area contributed by atoms with Crippen molar-refractivity contribution in [2.75, 3.05) is 7.11 Å². The van der Waals surface area contributed by atoms with Crippen LogP contribution in [0.15, 0.2) is 53.1 Å². The molecule has 9 heteroatoms. The largest absolute Gasteiger partial charge is 0.493 e. The van der Waals surface area contributed by atoms with Crippen LogP contribution in [0.5, 0.6) is 11.5 Å². The molecule has 0 aliphatic heterocycles. The number of nitrogens with zero attached hydrogens (tertiary/aromatic N) is 2. The Hall–Kier alpha value is -3.36. The van der Waals surface area contributed by atoms with Crippen molar-refractivity contribution in [3.63, 3.8) is 0 Å². The lowest BCUT2D eigenvalue weighted by Crippen LogP contribution is -2.09. The number of para-hydroxylation sites is 2. The normalized spacial score (nSPS) is 11.2. The molecule has 6 nitrogen and oxygen atoms in total. The van der Waals surface area contributed by atoms with Gasteiger partial charge in [0, 0.05) is 5.56 Å². The average molecular weight is 364 g/mol. The third-order valence-electron chi connectivity index (χ3n) is 3.32. The molecule has 0 radical (unpaired) electrons. The van der Waals surface area contributed by atoms with E-state index in [0.717, 1.165) is 0 Å². The van der Waals surface area contributed by atoms with Gasteiger partial charge in [0.05, 0.1) is 12.7 Å². The molecule has 3 rings (SSSR count). The van der Waals surface area contributed by atoms with E-state index in [4.69, 9.17) is 9.47 Å². The van der Waals surface area contributed by atoms with Crippen LogP contribution in [-0.4, -0.2) is 23.2 Å². The van der Waals surface area contributed by atoms with Gasteiger partial charge in [-0.05, 0) is 24.3 Å². The lowest BCUT2D eigenvalue weighted by molar-refractivity contribution is -0.159. The number of benzene rings is 2. The zero-order valence-corrected chi connectivity index (χ0v) is 13.3. The highest BCUT2D eigenvalue weighted by atomic mass is 19.4. The van der Waals surface area contributed by atoms with E-state index in [9.17, 15) is 18.0 Å². The first-order valence-corrected chi connectivity index (χ1v) is 7.25. The number of carbonyl (C=O) groups excluding carboxylic acids is 1. The van der Waals surface area contributed by atoms with Crippen LogP contribution in [0.4, 0.5) is 13.2 Å². The molecule has 0 amide bonds. The number of rotatable bonds is 4. The smallest absolute Gasteiger partial charge is 0.471 e. The molecule has 0 N–H and O–H groups in total. The van der Waals surface area contributed by atoms with Crippen molar-refractivity contribution in [2.45, 2.75) is 6.18 Å². The zero-order chi connectivity index (χ0) is 18.7. The maximum atomic E-state index is 12.5. The van der Waals surface area contributed by atoms with Gasteiger partial charge in [-0.3, -0.25) is 0 Å². The molecule has 3 aromatic rings. The second-order valence-electron chi connectivity index (χ2n) is 5.04. The SMILES string of the molecule is COc1ccccc1OC(=O)c1ccc(-c2noc(C(F)(F)F)n2)cc1. The van der Waals surface area contributed by atoms with Crippen molar-refractivity contribution >= 4 is 5.97 Å². The monoisotopic (exact) mass is 364 g/mol. The average Bonchev–Trinajstić information content (AvgIpc) is 3.13. The molecule has 0 aliphatic carbocycles. The summed E-state index contributed by atoms with van der Waals surface area (Å²) in [5, 5.41) is 3.28. The Balaban J connectivity index is 1.77. The van der Waals surface area contributed by atoms with E-state index in [1.54, 1.807) is 24.3 Å². The van der Waals surface area contributed by atoms with Crippen LogP contribution in [0, 0.1) is 0 Å². The number of esters is 1. The fourth-order valence-corrected chi connectivity index (χ4v) is 2.07. The van der Waals surface area contributed by atoms with Gasteiger partial charge in [-0.25, -0.2) is 4.79 Å². The van der Waals surface area contributed by atoms with Gasteiger partial charge in [0.25, 0.3) is 0 Å². The van der Waals surface area contributed by atoms with E-state index >= 15 is 0 Å². The number of hydrogen-bond donors (Lipinski definition) is 0. The summed E-state index contributed by atoms with van der Waals surface area (Å²) in [6.45, 7) is 0. The van der Waals surface area contributed by atoms with Crippen molar-refractivity contribution < 1.29 is 32.0 Å². The minimum atomic E-state index is -4.72. The highest BCUT2D eigenvalue weighted by molar-refractivity contribution is 5.91. The Morgan fingerprint density at radius 1 is 1.04 bits per heavy atom. The van der Waals surface area contributed by atoms with Crippen LogP contribution in [0.2, 0.25) is 0 Å². The number of methoxy groups -OCH3 is 1. The Bertz CT molecular complexity index is 920. The number of halogens is 3. The van der Waals surface area contributed by atoms with E-state index in [1.165, 1.54) is 31.4 Å². The summed E-state index contributed by atoms with van der Waals surface area (Å²) in [5.74, 6) is -1.68. The maximum absolute atomic E-state index is 12.5. The zero-order valence-electron chi connectivity index (χ0n) is 13.3. The second-order valence-corrected chi connectivity index (χ2v) is 5.04. The minimum Gasteiger partial charge on any atom is -0.493 e. The molecule has 1 aromatic heterocycles. The molecular weight excluding hydrogens is 353 g/mol. The molecule has 0 saturated carbocycles. The van der Waals surface area contributed by atoms with Crippen LogP contribution in [0.3, 0.4) is 0 Å². The lowest BCUT2D eigenvalue weighted by Gasteiger charge is -2.08. The highest BCUT2D eigenvalue weighted by Gasteiger charge is 2.38. The molecule has 1 heterocycles. The topological polar surface area (TPSA) is 74.5 Å². The molecule has 0 bridgehead atoms. The fourth-order valence-electron chi connectivity index (χ4n) is 2.07. The quantitative estimate of drug-likeness (QED) is 0.515. The fraction of sp³-hybridized carbons (Fsp3) is 0.118. The predicted molar refractivity (Wildman–Crippen MR) is 82.7 cm³/mol. The number of aromatic nitrogens is 2. The van der Waals surface area contributed by atoms with Gasteiger partial charge in [0.1, 0.15) is 0 Å².